The smallest absolute Gasteiger partial charge is 0.227 e. The summed E-state index contributed by atoms with van der Waals surface area (Å²) in [5, 5.41) is 7.69. The number of aliphatic imine (C=N–C) groups is 1. The highest BCUT2D eigenvalue weighted by atomic mass is 16.5. The Balaban J connectivity index is 4.29. The highest BCUT2D eigenvalue weighted by Crippen LogP contribution is 2.13. The minimum atomic E-state index is 0.0712. The second kappa shape index (κ2) is 6.46. The summed E-state index contributed by atoms with van der Waals surface area (Å²) in [5.41, 5.74) is 1.89. The van der Waals surface area contributed by atoms with Gasteiger partial charge in [0.25, 0.3) is 0 Å². The highest BCUT2D eigenvalue weighted by molar-refractivity contribution is 6.36. The molecule has 0 atom stereocenters. The van der Waals surface area contributed by atoms with Gasteiger partial charge in [-0.2, -0.15) is 0 Å². The minimum absolute atomic E-state index is 0.0712. The average molecular weight is 224 g/mol. The molecule has 0 saturated carbocycles. The molecule has 0 spiro atoms. The summed E-state index contributed by atoms with van der Waals surface area (Å²) in [6, 6.07) is 0. The number of nitrogens with zero attached hydrogens (tertiary/aromatic N) is 1. The van der Waals surface area contributed by atoms with Crippen molar-refractivity contribution < 1.29 is 4.74 Å². The third kappa shape index (κ3) is 7.21. The molecule has 0 heterocycles. The van der Waals surface area contributed by atoms with Crippen molar-refractivity contribution >= 4 is 11.6 Å². The Morgan fingerprint density at radius 1 is 1.31 bits per heavy atom. The van der Waals surface area contributed by atoms with Gasteiger partial charge in [-0.05, 0) is 25.7 Å². The molecule has 0 unspecified atom stereocenters. The second-order valence-electron chi connectivity index (χ2n) is 5.22. The number of allylic oxidation sites excluding steroid dienone is 1. The summed E-state index contributed by atoms with van der Waals surface area (Å²) >= 11 is 0. The van der Waals surface area contributed by atoms with Crippen molar-refractivity contribution in [3.05, 3.63) is 11.8 Å². The van der Waals surface area contributed by atoms with Gasteiger partial charge in [-0.3, -0.25) is 10.4 Å². The molecule has 0 amide bonds. The van der Waals surface area contributed by atoms with Crippen LogP contribution in [0.15, 0.2) is 16.8 Å². The van der Waals surface area contributed by atoms with Gasteiger partial charge in [-0.15, -0.1) is 0 Å². The molecular weight excluding hydrogens is 200 g/mol. The van der Waals surface area contributed by atoms with Gasteiger partial charge in [0.1, 0.15) is 0 Å². The van der Waals surface area contributed by atoms with E-state index in [1.165, 1.54) is 5.57 Å². The van der Waals surface area contributed by atoms with E-state index in [2.05, 4.69) is 32.7 Å². The molecular formula is C13H24N2O. The largest absolute Gasteiger partial charge is 0.476 e. The zero-order chi connectivity index (χ0) is 12.8. The topological polar surface area (TPSA) is 45.4 Å². The van der Waals surface area contributed by atoms with Crippen LogP contribution in [0.25, 0.3) is 0 Å². The van der Waals surface area contributed by atoms with Crippen molar-refractivity contribution in [3.8, 4) is 0 Å². The predicted octanol–water partition coefficient (Wildman–Crippen LogP) is 3.80. The molecule has 0 radical (unpaired) electrons. The molecule has 0 aliphatic carbocycles. The first-order valence-corrected chi connectivity index (χ1v) is 5.68. The molecule has 0 fully saturated rings. The predicted molar refractivity (Wildman–Crippen MR) is 70.3 cm³/mol. The molecule has 3 heteroatoms. The molecule has 3 nitrogen and oxygen atoms in total. The standard InChI is InChI=1S/C13H24N2O/c1-7-10(2)8-15-11(3)12(14)16-9-13(4,5)6/h8,14H,7,9H2,1-6H3/b10-8-,14-12?,15-11-. The first-order chi connectivity index (χ1) is 7.26. The summed E-state index contributed by atoms with van der Waals surface area (Å²) < 4.78 is 5.36. The Morgan fingerprint density at radius 3 is 2.31 bits per heavy atom. The molecule has 0 aromatic carbocycles. The summed E-state index contributed by atoms with van der Waals surface area (Å²) in [5.74, 6) is 0.162. The maximum absolute atomic E-state index is 7.69. The lowest BCUT2D eigenvalue weighted by molar-refractivity contribution is 0.189. The van der Waals surface area contributed by atoms with Crippen LogP contribution in [0.3, 0.4) is 0 Å². The van der Waals surface area contributed by atoms with E-state index in [4.69, 9.17) is 10.1 Å². The summed E-state index contributed by atoms with van der Waals surface area (Å²) in [7, 11) is 0. The number of hydrogen-bond acceptors (Lipinski definition) is 3. The molecule has 92 valence electrons. The fourth-order valence-electron chi connectivity index (χ4n) is 0.750. The summed E-state index contributed by atoms with van der Waals surface area (Å²) in [4.78, 5) is 4.20. The van der Waals surface area contributed by atoms with Crippen LogP contribution in [-0.4, -0.2) is 18.2 Å². The van der Waals surface area contributed by atoms with E-state index in [-0.39, 0.29) is 11.3 Å². The Bertz CT molecular complexity index is 296. The Labute approximate surface area is 99.1 Å². The number of nitrogens with one attached hydrogen (secondary N) is 1. The van der Waals surface area contributed by atoms with Crippen LogP contribution in [0.4, 0.5) is 0 Å². The average Bonchev–Trinajstić information content (AvgIpc) is 2.20. The number of rotatable bonds is 4. The van der Waals surface area contributed by atoms with E-state index in [1.807, 2.05) is 6.92 Å². The second-order valence-corrected chi connectivity index (χ2v) is 5.22. The molecule has 0 aromatic rings. The summed E-state index contributed by atoms with van der Waals surface area (Å²) in [6.07, 6.45) is 2.78. The number of ether oxygens (including phenoxy) is 1. The fourth-order valence-corrected chi connectivity index (χ4v) is 0.750. The van der Waals surface area contributed by atoms with Crippen molar-refractivity contribution in [3.63, 3.8) is 0 Å². The third-order valence-corrected chi connectivity index (χ3v) is 2.01. The van der Waals surface area contributed by atoms with Crippen LogP contribution in [0.5, 0.6) is 0 Å². The van der Waals surface area contributed by atoms with Crippen molar-refractivity contribution in [2.24, 2.45) is 10.4 Å². The first kappa shape index (κ1) is 14.9. The third-order valence-electron chi connectivity index (χ3n) is 2.01. The van der Waals surface area contributed by atoms with E-state index in [9.17, 15) is 0 Å². The van der Waals surface area contributed by atoms with Gasteiger partial charge >= 0.3 is 0 Å². The first-order valence-electron chi connectivity index (χ1n) is 5.68. The summed E-state index contributed by atoms with van der Waals surface area (Å²) in [6.45, 7) is 12.7. The van der Waals surface area contributed by atoms with E-state index in [0.29, 0.717) is 12.3 Å². The van der Waals surface area contributed by atoms with Gasteiger partial charge in [0.05, 0.1) is 12.3 Å². The SMILES string of the molecule is CC/C(C)=C\N=C(\C)C(=N)OCC(C)(C)C. The quantitative estimate of drug-likeness (QED) is 0.573. The van der Waals surface area contributed by atoms with Gasteiger partial charge in [0.15, 0.2) is 0 Å². The molecule has 0 bridgehead atoms. The lowest BCUT2D eigenvalue weighted by Gasteiger charge is -2.18. The minimum Gasteiger partial charge on any atom is -0.476 e. The van der Waals surface area contributed by atoms with Crippen LogP contribution < -0.4 is 0 Å². The molecule has 16 heavy (non-hydrogen) atoms. The Kier molecular flexibility index (Phi) is 6.01. The van der Waals surface area contributed by atoms with Gasteiger partial charge in [-0.25, -0.2) is 0 Å². The lowest BCUT2D eigenvalue weighted by atomic mass is 9.99. The van der Waals surface area contributed by atoms with Crippen molar-refractivity contribution in [2.75, 3.05) is 6.61 Å². The zero-order valence-electron chi connectivity index (χ0n) is 11.3. The highest BCUT2D eigenvalue weighted by Gasteiger charge is 2.13. The van der Waals surface area contributed by atoms with Gasteiger partial charge in [0, 0.05) is 6.20 Å². The molecule has 0 aliphatic heterocycles. The molecule has 0 rings (SSSR count). The lowest BCUT2D eigenvalue weighted by Crippen LogP contribution is -2.21. The van der Waals surface area contributed by atoms with Crippen LogP contribution in [-0.2, 0) is 4.74 Å². The van der Waals surface area contributed by atoms with Crippen molar-refractivity contribution in [2.45, 2.75) is 48.0 Å². The zero-order valence-corrected chi connectivity index (χ0v) is 11.3. The van der Waals surface area contributed by atoms with Gasteiger partial charge in [-0.1, -0.05) is 33.3 Å². The van der Waals surface area contributed by atoms with Crippen LogP contribution >= 0.6 is 0 Å². The van der Waals surface area contributed by atoms with Gasteiger partial charge < -0.3 is 4.74 Å². The fraction of sp³-hybridized carbons (Fsp3) is 0.692. The maximum Gasteiger partial charge on any atom is 0.227 e. The van der Waals surface area contributed by atoms with Crippen LogP contribution in [0.1, 0.15) is 48.0 Å². The van der Waals surface area contributed by atoms with E-state index >= 15 is 0 Å². The molecule has 1 N–H and O–H groups in total. The molecule has 0 aromatic heterocycles. The molecule has 0 aliphatic rings. The maximum atomic E-state index is 7.69. The van der Waals surface area contributed by atoms with E-state index in [1.54, 1.807) is 13.1 Å². The van der Waals surface area contributed by atoms with E-state index in [0.717, 1.165) is 6.42 Å². The van der Waals surface area contributed by atoms with Crippen LogP contribution in [0.2, 0.25) is 0 Å². The number of hydrogen-bond donors (Lipinski definition) is 1. The Morgan fingerprint density at radius 2 is 1.88 bits per heavy atom. The normalized spacial score (nSPS) is 13.9. The van der Waals surface area contributed by atoms with Gasteiger partial charge in [0.2, 0.25) is 5.90 Å². The monoisotopic (exact) mass is 224 g/mol. The van der Waals surface area contributed by atoms with E-state index < -0.39 is 0 Å². The van der Waals surface area contributed by atoms with Crippen molar-refractivity contribution in [1.29, 1.82) is 5.41 Å². The van der Waals surface area contributed by atoms with Crippen LogP contribution in [0, 0.1) is 10.8 Å². The molecule has 0 saturated heterocycles. The van der Waals surface area contributed by atoms with Crippen molar-refractivity contribution in [1.82, 2.24) is 0 Å². The Hall–Kier alpha value is -1.12.